The van der Waals surface area contributed by atoms with E-state index in [2.05, 4.69) is 22.5 Å². The predicted octanol–water partition coefficient (Wildman–Crippen LogP) is 1.92. The molecule has 5 heteroatoms. The third kappa shape index (κ3) is 4.50. The van der Waals surface area contributed by atoms with E-state index < -0.39 is 0 Å². The van der Waals surface area contributed by atoms with E-state index in [9.17, 15) is 4.79 Å². The molecule has 0 radical (unpaired) electrons. The Balaban J connectivity index is 1.58. The molecule has 1 aliphatic carbocycles. The Bertz CT molecular complexity index is 409. The third-order valence-electron chi connectivity index (χ3n) is 6.32. The van der Waals surface area contributed by atoms with Gasteiger partial charge < -0.3 is 15.4 Å². The van der Waals surface area contributed by atoms with E-state index in [1.807, 2.05) is 0 Å². The Morgan fingerprint density at radius 3 is 2.46 bits per heavy atom. The number of nitrogens with zero attached hydrogens (tertiary/aromatic N) is 1. The lowest BCUT2D eigenvalue weighted by Crippen LogP contribution is -2.59. The molecule has 0 aromatic carbocycles. The Hall–Kier alpha value is -0.650. The predicted molar refractivity (Wildman–Crippen MR) is 96.0 cm³/mol. The van der Waals surface area contributed by atoms with Gasteiger partial charge in [0.15, 0.2) is 0 Å². The van der Waals surface area contributed by atoms with Gasteiger partial charge >= 0.3 is 0 Å². The average molecular weight is 338 g/mol. The molecule has 0 aromatic rings. The van der Waals surface area contributed by atoms with E-state index in [1.165, 1.54) is 38.5 Å². The molecule has 3 rings (SSSR count). The summed E-state index contributed by atoms with van der Waals surface area (Å²) in [6.07, 6.45) is 9.72. The first-order valence-corrected chi connectivity index (χ1v) is 9.96. The molecule has 0 bridgehead atoms. The number of morpholine rings is 1. The Morgan fingerprint density at radius 1 is 1.08 bits per heavy atom. The molecule has 1 unspecified atom stereocenters. The first-order chi connectivity index (χ1) is 11.6. The molecule has 3 fully saturated rings. The number of rotatable bonds is 5. The Morgan fingerprint density at radius 2 is 1.79 bits per heavy atom. The van der Waals surface area contributed by atoms with Crippen molar-refractivity contribution < 1.29 is 9.53 Å². The van der Waals surface area contributed by atoms with Crippen LogP contribution in [0.15, 0.2) is 0 Å². The van der Waals surface area contributed by atoms with Gasteiger partial charge in [-0.1, -0.05) is 19.3 Å². The summed E-state index contributed by atoms with van der Waals surface area (Å²) in [5.74, 6) is 0.203. The van der Waals surface area contributed by atoms with Gasteiger partial charge in [0.1, 0.15) is 0 Å². The summed E-state index contributed by atoms with van der Waals surface area (Å²) in [5.41, 5.74) is -0.108. The Labute approximate surface area is 146 Å². The van der Waals surface area contributed by atoms with Gasteiger partial charge in [-0.15, -0.1) is 0 Å². The molecule has 1 atom stereocenters. The first kappa shape index (κ1) is 18.2. The van der Waals surface area contributed by atoms with E-state index in [0.29, 0.717) is 0 Å². The molecule has 2 N–H and O–H groups in total. The normalized spacial score (nSPS) is 31.5. The highest BCUT2D eigenvalue weighted by Gasteiger charge is 2.38. The summed E-state index contributed by atoms with van der Waals surface area (Å²) >= 11 is 0. The van der Waals surface area contributed by atoms with Gasteiger partial charge in [0.05, 0.1) is 18.8 Å². The number of amides is 1. The molecule has 2 heterocycles. The van der Waals surface area contributed by atoms with Gasteiger partial charge in [-0.2, -0.15) is 0 Å². The van der Waals surface area contributed by atoms with Crippen molar-refractivity contribution in [2.24, 2.45) is 5.41 Å². The maximum Gasteiger partial charge on any atom is 0.240 e. The minimum atomic E-state index is -0.368. The highest BCUT2D eigenvalue weighted by atomic mass is 16.5. The van der Waals surface area contributed by atoms with E-state index >= 15 is 0 Å². The van der Waals surface area contributed by atoms with Crippen LogP contribution in [0, 0.1) is 5.41 Å². The van der Waals surface area contributed by atoms with Crippen LogP contribution in [0.2, 0.25) is 0 Å². The molecular weight excluding hydrogens is 302 g/mol. The molecular formula is C19H35N3O2. The summed E-state index contributed by atoms with van der Waals surface area (Å²) in [7, 11) is 0. The fourth-order valence-corrected chi connectivity index (χ4v) is 4.64. The van der Waals surface area contributed by atoms with Crippen LogP contribution < -0.4 is 10.6 Å². The fourth-order valence-electron chi connectivity index (χ4n) is 4.64. The molecule has 24 heavy (non-hydrogen) atoms. The molecule has 1 saturated carbocycles. The fraction of sp³-hybridized carbons (Fsp3) is 0.947. The monoisotopic (exact) mass is 337 g/mol. The third-order valence-corrected chi connectivity index (χ3v) is 6.32. The number of carbonyl (C=O) groups excluding carboxylic acids is 1. The second-order valence-corrected chi connectivity index (χ2v) is 8.35. The van der Waals surface area contributed by atoms with Crippen LogP contribution in [0.4, 0.5) is 0 Å². The lowest BCUT2D eigenvalue weighted by molar-refractivity contribution is -0.128. The van der Waals surface area contributed by atoms with E-state index in [4.69, 9.17) is 4.74 Å². The van der Waals surface area contributed by atoms with E-state index in [1.54, 1.807) is 0 Å². The van der Waals surface area contributed by atoms with Crippen molar-refractivity contribution in [2.45, 2.75) is 63.8 Å². The standard InChI is InChI=1S/C19H35N3O2/c1-18(7-5-6-10-21-18)17(23)20-15-19(8-3-2-4-9-19)16-22-11-13-24-14-12-22/h21H,2-16H2,1H3,(H,20,23). The van der Waals surface area contributed by atoms with Gasteiger partial charge in [-0.3, -0.25) is 9.69 Å². The largest absolute Gasteiger partial charge is 0.379 e. The molecule has 0 spiro atoms. The van der Waals surface area contributed by atoms with Crippen LogP contribution >= 0.6 is 0 Å². The van der Waals surface area contributed by atoms with Crippen LogP contribution in [0.25, 0.3) is 0 Å². The summed E-state index contributed by atoms with van der Waals surface area (Å²) in [6, 6.07) is 0. The lowest BCUT2D eigenvalue weighted by atomic mass is 9.73. The van der Waals surface area contributed by atoms with Crippen LogP contribution in [0.1, 0.15) is 58.3 Å². The van der Waals surface area contributed by atoms with Crippen molar-refractivity contribution in [2.75, 3.05) is 45.9 Å². The number of carbonyl (C=O) groups is 1. The average Bonchev–Trinajstić information content (AvgIpc) is 2.62. The summed E-state index contributed by atoms with van der Waals surface area (Å²) < 4.78 is 5.49. The molecule has 5 nitrogen and oxygen atoms in total. The minimum absolute atomic E-state index is 0.203. The maximum atomic E-state index is 12.8. The van der Waals surface area contributed by atoms with E-state index in [0.717, 1.165) is 58.8 Å². The van der Waals surface area contributed by atoms with Crippen LogP contribution in [-0.4, -0.2) is 62.3 Å². The molecule has 2 aliphatic heterocycles. The molecule has 1 amide bonds. The molecule has 3 aliphatic rings. The van der Waals surface area contributed by atoms with Crippen molar-refractivity contribution in [3.63, 3.8) is 0 Å². The number of ether oxygens (including phenoxy) is 1. The maximum absolute atomic E-state index is 12.8. The smallest absolute Gasteiger partial charge is 0.240 e. The quantitative estimate of drug-likeness (QED) is 0.805. The van der Waals surface area contributed by atoms with Crippen LogP contribution in [0.5, 0.6) is 0 Å². The zero-order valence-electron chi connectivity index (χ0n) is 15.4. The minimum Gasteiger partial charge on any atom is -0.379 e. The van der Waals surface area contributed by atoms with Crippen molar-refractivity contribution in [1.82, 2.24) is 15.5 Å². The lowest BCUT2D eigenvalue weighted by Gasteiger charge is -2.43. The topological polar surface area (TPSA) is 53.6 Å². The first-order valence-electron chi connectivity index (χ1n) is 9.96. The van der Waals surface area contributed by atoms with Crippen molar-refractivity contribution in [3.05, 3.63) is 0 Å². The summed E-state index contributed by atoms with van der Waals surface area (Å²) in [6.45, 7) is 8.75. The molecule has 138 valence electrons. The van der Waals surface area contributed by atoms with Gasteiger partial charge in [0, 0.05) is 31.6 Å². The summed E-state index contributed by atoms with van der Waals surface area (Å²) in [4.78, 5) is 15.3. The highest BCUT2D eigenvalue weighted by Crippen LogP contribution is 2.37. The van der Waals surface area contributed by atoms with Crippen molar-refractivity contribution in [1.29, 1.82) is 0 Å². The second-order valence-electron chi connectivity index (χ2n) is 8.35. The van der Waals surface area contributed by atoms with Crippen molar-refractivity contribution in [3.8, 4) is 0 Å². The zero-order chi connectivity index (χ0) is 16.9. The van der Waals surface area contributed by atoms with Crippen molar-refractivity contribution >= 4 is 5.91 Å². The van der Waals surface area contributed by atoms with Gasteiger partial charge in [-0.25, -0.2) is 0 Å². The van der Waals surface area contributed by atoms with Crippen LogP contribution in [-0.2, 0) is 9.53 Å². The highest BCUT2D eigenvalue weighted by molar-refractivity contribution is 5.86. The number of hydrogen-bond donors (Lipinski definition) is 2. The van der Waals surface area contributed by atoms with Crippen LogP contribution in [0.3, 0.4) is 0 Å². The molecule has 0 aromatic heterocycles. The Kier molecular flexibility index (Phi) is 6.17. The van der Waals surface area contributed by atoms with Gasteiger partial charge in [-0.05, 0) is 45.6 Å². The number of nitrogens with one attached hydrogen (secondary N) is 2. The second kappa shape index (κ2) is 8.15. The zero-order valence-corrected chi connectivity index (χ0v) is 15.4. The van der Waals surface area contributed by atoms with Gasteiger partial charge in [0.2, 0.25) is 5.91 Å². The SMILES string of the molecule is CC1(C(=O)NCC2(CN3CCOCC3)CCCCC2)CCCCN1. The number of piperidine rings is 1. The van der Waals surface area contributed by atoms with Gasteiger partial charge in [0.25, 0.3) is 0 Å². The molecule has 2 saturated heterocycles. The number of hydrogen-bond acceptors (Lipinski definition) is 4. The summed E-state index contributed by atoms with van der Waals surface area (Å²) in [5, 5.41) is 6.77. The van der Waals surface area contributed by atoms with E-state index in [-0.39, 0.29) is 16.9 Å².